The van der Waals surface area contributed by atoms with Gasteiger partial charge in [-0.1, -0.05) is 12.2 Å². The van der Waals surface area contributed by atoms with Gasteiger partial charge in [-0.25, -0.2) is 13.4 Å². The summed E-state index contributed by atoms with van der Waals surface area (Å²) in [6.07, 6.45) is 2.34. The minimum Gasteiger partial charge on any atom is -0.389 e. The van der Waals surface area contributed by atoms with Gasteiger partial charge in [0, 0.05) is 18.3 Å². The van der Waals surface area contributed by atoms with E-state index in [-0.39, 0.29) is 11.7 Å². The van der Waals surface area contributed by atoms with Crippen LogP contribution in [0, 0.1) is 5.92 Å². The molecule has 3 N–H and O–H groups in total. The zero-order valence-electron chi connectivity index (χ0n) is 9.80. The van der Waals surface area contributed by atoms with Crippen molar-refractivity contribution in [2.24, 2.45) is 11.7 Å². The number of hydrogen-bond acceptors (Lipinski definition) is 5. The Morgan fingerprint density at radius 1 is 1.61 bits per heavy atom. The van der Waals surface area contributed by atoms with Gasteiger partial charge in [-0.3, -0.25) is 0 Å². The third kappa shape index (κ3) is 3.39. The first-order valence-electron chi connectivity index (χ1n) is 5.66. The van der Waals surface area contributed by atoms with E-state index in [4.69, 9.17) is 18.0 Å². The molecule has 2 heterocycles. The van der Waals surface area contributed by atoms with Crippen LogP contribution in [0.4, 0.5) is 5.82 Å². The van der Waals surface area contributed by atoms with Crippen LogP contribution in [0.15, 0.2) is 18.3 Å². The largest absolute Gasteiger partial charge is 0.389 e. The number of nitrogens with two attached hydrogens (primary N) is 1. The van der Waals surface area contributed by atoms with E-state index in [1.165, 1.54) is 0 Å². The molecule has 0 aromatic carbocycles. The van der Waals surface area contributed by atoms with Gasteiger partial charge in [-0.05, 0) is 24.5 Å². The summed E-state index contributed by atoms with van der Waals surface area (Å²) in [5, 5.41) is 3.13. The highest BCUT2D eigenvalue weighted by Crippen LogP contribution is 2.19. The Kier molecular flexibility index (Phi) is 3.82. The Bertz CT molecular complexity index is 557. The molecule has 0 saturated carbocycles. The predicted octanol–water partition coefficient (Wildman–Crippen LogP) is 0.562. The third-order valence-electron chi connectivity index (χ3n) is 2.94. The van der Waals surface area contributed by atoms with Crippen molar-refractivity contribution in [2.45, 2.75) is 6.42 Å². The first-order valence-corrected chi connectivity index (χ1v) is 7.89. The Balaban J connectivity index is 1.95. The maximum atomic E-state index is 11.3. The van der Waals surface area contributed by atoms with Crippen LogP contribution in [-0.4, -0.2) is 36.4 Å². The topological polar surface area (TPSA) is 85.1 Å². The number of hydrogen-bond donors (Lipinski definition) is 2. The normalized spacial score (nSPS) is 21.7. The van der Waals surface area contributed by atoms with Gasteiger partial charge in [-0.15, -0.1) is 0 Å². The lowest BCUT2D eigenvalue weighted by atomic mass is 10.1. The molecule has 0 spiro atoms. The van der Waals surface area contributed by atoms with Crippen molar-refractivity contribution in [1.82, 2.24) is 4.98 Å². The smallest absolute Gasteiger partial charge is 0.150 e. The van der Waals surface area contributed by atoms with Crippen molar-refractivity contribution in [3.63, 3.8) is 0 Å². The molecule has 1 fully saturated rings. The predicted molar refractivity (Wildman–Crippen MR) is 75.4 cm³/mol. The standard InChI is InChI=1S/C11H15N3O2S2/c12-11(17)9-1-3-13-10(5-9)14-6-8-2-4-18(15,16)7-8/h1,3,5,8H,2,4,6-7H2,(H2,12,17)(H,13,14). The summed E-state index contributed by atoms with van der Waals surface area (Å²) in [5.41, 5.74) is 6.28. The molecular weight excluding hydrogens is 270 g/mol. The number of aromatic nitrogens is 1. The summed E-state index contributed by atoms with van der Waals surface area (Å²) in [5.74, 6) is 1.38. The zero-order valence-corrected chi connectivity index (χ0v) is 11.4. The molecule has 98 valence electrons. The lowest BCUT2D eigenvalue weighted by Crippen LogP contribution is -2.17. The highest BCUT2D eigenvalue weighted by molar-refractivity contribution is 7.91. The summed E-state index contributed by atoms with van der Waals surface area (Å²) < 4.78 is 22.6. The maximum absolute atomic E-state index is 11.3. The molecule has 5 nitrogen and oxygen atoms in total. The van der Waals surface area contributed by atoms with Crippen LogP contribution in [0.3, 0.4) is 0 Å². The van der Waals surface area contributed by atoms with Crippen LogP contribution in [0.2, 0.25) is 0 Å². The summed E-state index contributed by atoms with van der Waals surface area (Å²) in [7, 11) is -2.82. The van der Waals surface area contributed by atoms with E-state index in [1.54, 1.807) is 18.3 Å². The van der Waals surface area contributed by atoms with Gasteiger partial charge in [0.1, 0.15) is 10.8 Å². The molecule has 1 unspecified atom stereocenters. The fourth-order valence-corrected chi connectivity index (χ4v) is 3.95. The van der Waals surface area contributed by atoms with Gasteiger partial charge in [-0.2, -0.15) is 0 Å². The molecule has 18 heavy (non-hydrogen) atoms. The number of thiocarbonyl (C=S) groups is 1. The summed E-state index contributed by atoms with van der Waals surface area (Å²) in [6, 6.07) is 3.51. The first-order chi connectivity index (χ1) is 8.46. The third-order valence-corrected chi connectivity index (χ3v) is 5.02. The highest BCUT2D eigenvalue weighted by Gasteiger charge is 2.27. The van der Waals surface area contributed by atoms with E-state index < -0.39 is 9.84 Å². The minimum atomic E-state index is -2.82. The molecule has 0 radical (unpaired) electrons. The molecular formula is C11H15N3O2S2. The average molecular weight is 285 g/mol. The van der Waals surface area contributed by atoms with Gasteiger partial charge in [0.2, 0.25) is 0 Å². The van der Waals surface area contributed by atoms with E-state index >= 15 is 0 Å². The van der Waals surface area contributed by atoms with Crippen LogP contribution in [0.1, 0.15) is 12.0 Å². The molecule has 0 bridgehead atoms. The number of pyridine rings is 1. The number of nitrogens with zero attached hydrogens (tertiary/aromatic N) is 1. The Labute approximate surface area is 112 Å². The number of anilines is 1. The second-order valence-corrected chi connectivity index (χ2v) is 7.11. The molecule has 7 heteroatoms. The summed E-state index contributed by atoms with van der Waals surface area (Å²) >= 11 is 4.89. The fourth-order valence-electron chi connectivity index (χ4n) is 1.96. The van der Waals surface area contributed by atoms with E-state index in [0.29, 0.717) is 29.5 Å². The van der Waals surface area contributed by atoms with Crippen molar-refractivity contribution in [3.05, 3.63) is 23.9 Å². The lowest BCUT2D eigenvalue weighted by Gasteiger charge is -2.10. The molecule has 1 atom stereocenters. The SMILES string of the molecule is NC(=S)c1ccnc(NCC2CCS(=O)(=O)C2)c1. The van der Waals surface area contributed by atoms with Gasteiger partial charge < -0.3 is 11.1 Å². The molecule has 1 aliphatic rings. The maximum Gasteiger partial charge on any atom is 0.150 e. The number of rotatable bonds is 4. The van der Waals surface area contributed by atoms with Crippen LogP contribution in [0.25, 0.3) is 0 Å². The van der Waals surface area contributed by atoms with E-state index in [2.05, 4.69) is 10.3 Å². The molecule has 1 aromatic rings. The lowest BCUT2D eigenvalue weighted by molar-refractivity contribution is 0.595. The van der Waals surface area contributed by atoms with Crippen LogP contribution in [0.5, 0.6) is 0 Å². The number of nitrogens with one attached hydrogen (secondary N) is 1. The number of sulfone groups is 1. The van der Waals surface area contributed by atoms with Gasteiger partial charge in [0.05, 0.1) is 11.5 Å². The highest BCUT2D eigenvalue weighted by atomic mass is 32.2. The molecule has 0 aliphatic carbocycles. The second-order valence-electron chi connectivity index (χ2n) is 4.44. The molecule has 2 rings (SSSR count). The van der Waals surface area contributed by atoms with Gasteiger partial charge >= 0.3 is 0 Å². The van der Waals surface area contributed by atoms with Crippen molar-refractivity contribution in [3.8, 4) is 0 Å². The van der Waals surface area contributed by atoms with Crippen molar-refractivity contribution in [1.29, 1.82) is 0 Å². The quantitative estimate of drug-likeness (QED) is 0.786. The zero-order chi connectivity index (χ0) is 13.2. The average Bonchev–Trinajstić information content (AvgIpc) is 2.67. The minimum absolute atomic E-state index is 0.158. The van der Waals surface area contributed by atoms with Crippen LogP contribution in [-0.2, 0) is 9.84 Å². The van der Waals surface area contributed by atoms with Crippen molar-refractivity contribution in [2.75, 3.05) is 23.4 Å². The van der Waals surface area contributed by atoms with E-state index in [9.17, 15) is 8.42 Å². The molecule has 1 saturated heterocycles. The summed E-state index contributed by atoms with van der Waals surface area (Å²) in [4.78, 5) is 4.47. The first kappa shape index (κ1) is 13.2. The fraction of sp³-hybridized carbons (Fsp3) is 0.455. The summed E-state index contributed by atoms with van der Waals surface area (Å²) in [6.45, 7) is 0.604. The Morgan fingerprint density at radius 2 is 2.39 bits per heavy atom. The molecule has 1 aliphatic heterocycles. The van der Waals surface area contributed by atoms with Gasteiger partial charge in [0.25, 0.3) is 0 Å². The second kappa shape index (κ2) is 5.19. The van der Waals surface area contributed by atoms with Crippen molar-refractivity contribution < 1.29 is 8.42 Å². The monoisotopic (exact) mass is 285 g/mol. The Hall–Kier alpha value is -1.21. The Morgan fingerprint density at radius 3 is 3.00 bits per heavy atom. The van der Waals surface area contributed by atoms with Gasteiger partial charge in [0.15, 0.2) is 9.84 Å². The van der Waals surface area contributed by atoms with E-state index in [0.717, 1.165) is 5.56 Å². The van der Waals surface area contributed by atoms with Crippen LogP contribution >= 0.6 is 12.2 Å². The molecule has 1 aromatic heterocycles. The van der Waals surface area contributed by atoms with Crippen molar-refractivity contribution >= 4 is 32.9 Å². The molecule has 0 amide bonds. The van der Waals surface area contributed by atoms with Crippen LogP contribution < -0.4 is 11.1 Å². The van der Waals surface area contributed by atoms with E-state index in [1.807, 2.05) is 0 Å².